The number of imide groups is 1. The third-order valence-electron chi connectivity index (χ3n) is 4.37. The highest BCUT2D eigenvalue weighted by Crippen LogP contribution is 2.36. The van der Waals surface area contributed by atoms with Crippen molar-refractivity contribution in [2.24, 2.45) is 0 Å². The summed E-state index contributed by atoms with van der Waals surface area (Å²) in [4.78, 5) is 43.1. The number of thioether (sulfide) groups is 1. The van der Waals surface area contributed by atoms with Crippen molar-refractivity contribution in [3.8, 4) is 0 Å². The van der Waals surface area contributed by atoms with Gasteiger partial charge in [0.05, 0.1) is 30.9 Å². The Balaban J connectivity index is 1.97. The van der Waals surface area contributed by atoms with Crippen LogP contribution in [0.5, 0.6) is 0 Å². The summed E-state index contributed by atoms with van der Waals surface area (Å²) in [6.45, 7) is 2.35. The fraction of sp³-hybridized carbons (Fsp3) is 0.529. The number of carbonyl (C=O) groups excluding carboxylic acids is 2. The Morgan fingerprint density at radius 1 is 1.37 bits per heavy atom. The number of rotatable bonds is 6. The maximum absolute atomic E-state index is 13.1. The molecule has 1 atom stereocenters. The number of alkyl carbamates (subject to hydrolysis) is 1. The molecule has 2 amide bonds. The number of amides is 2. The van der Waals surface area contributed by atoms with Gasteiger partial charge in [-0.05, 0) is 31.7 Å². The number of fused-ring (bicyclic) bond motifs is 3. The Morgan fingerprint density at radius 3 is 2.85 bits per heavy atom. The van der Waals surface area contributed by atoms with E-state index in [0.717, 1.165) is 36.6 Å². The number of nitrogens with one attached hydrogen (secondary N) is 1. The smallest absolute Gasteiger partial charge is 0.413 e. The van der Waals surface area contributed by atoms with Crippen molar-refractivity contribution in [3.05, 3.63) is 20.8 Å². The van der Waals surface area contributed by atoms with Crippen molar-refractivity contribution in [1.29, 1.82) is 0 Å². The molecule has 0 bridgehead atoms. The predicted octanol–water partition coefficient (Wildman–Crippen LogP) is 1.96. The quantitative estimate of drug-likeness (QED) is 0.573. The first-order valence-corrected chi connectivity index (χ1v) is 10.2. The van der Waals surface area contributed by atoms with E-state index >= 15 is 0 Å². The number of aromatic nitrogens is 2. The molecule has 2 aromatic rings. The van der Waals surface area contributed by atoms with Gasteiger partial charge in [-0.25, -0.2) is 9.78 Å². The minimum Gasteiger partial charge on any atom is -0.453 e. The van der Waals surface area contributed by atoms with Crippen molar-refractivity contribution in [2.45, 2.75) is 43.1 Å². The summed E-state index contributed by atoms with van der Waals surface area (Å²) in [7, 11) is 2.76. The highest BCUT2D eigenvalue weighted by molar-refractivity contribution is 8.00. The topological polar surface area (TPSA) is 99.5 Å². The Bertz CT molecular complexity index is 937. The second kappa shape index (κ2) is 8.41. The molecular weight excluding hydrogens is 390 g/mol. The minimum atomic E-state index is -0.817. The van der Waals surface area contributed by atoms with Crippen molar-refractivity contribution >= 4 is 45.3 Å². The van der Waals surface area contributed by atoms with Crippen LogP contribution in [-0.2, 0) is 33.7 Å². The Kier molecular flexibility index (Phi) is 6.18. The summed E-state index contributed by atoms with van der Waals surface area (Å²) in [6.07, 6.45) is 2.13. The molecule has 2 heterocycles. The van der Waals surface area contributed by atoms with Gasteiger partial charge in [-0.15, -0.1) is 11.3 Å². The van der Waals surface area contributed by atoms with Gasteiger partial charge in [-0.2, -0.15) is 0 Å². The van der Waals surface area contributed by atoms with Gasteiger partial charge in [0.25, 0.3) is 5.56 Å². The van der Waals surface area contributed by atoms with E-state index in [4.69, 9.17) is 4.74 Å². The Labute approximate surface area is 164 Å². The summed E-state index contributed by atoms with van der Waals surface area (Å²) in [6, 6.07) is 0. The summed E-state index contributed by atoms with van der Waals surface area (Å²) >= 11 is 2.69. The van der Waals surface area contributed by atoms with E-state index in [1.807, 2.05) is 0 Å². The number of aryl methyl sites for hydroxylation is 2. The van der Waals surface area contributed by atoms with Crippen LogP contribution < -0.4 is 10.9 Å². The standard InChI is InChI=1S/C17H21N3O5S2/c1-9(13(21)18-17(23)25-3)26-16-19-14-12(10-5-4-6-11(10)27-14)15(22)20(16)7-8-24-2/h9H,4-8H2,1-3H3,(H,18,21,23)/t9-/m1/s1. The molecule has 10 heteroatoms. The molecule has 8 nitrogen and oxygen atoms in total. The molecule has 0 saturated heterocycles. The van der Waals surface area contributed by atoms with Gasteiger partial charge in [0.1, 0.15) is 4.83 Å². The van der Waals surface area contributed by atoms with E-state index in [0.29, 0.717) is 28.5 Å². The molecule has 0 aromatic carbocycles. The number of methoxy groups -OCH3 is 2. The predicted molar refractivity (Wildman–Crippen MR) is 104 cm³/mol. The molecule has 0 spiro atoms. The molecule has 1 aliphatic carbocycles. The second-order valence-electron chi connectivity index (χ2n) is 6.12. The van der Waals surface area contributed by atoms with Crippen LogP contribution in [0.15, 0.2) is 9.95 Å². The van der Waals surface area contributed by atoms with E-state index in [1.165, 1.54) is 12.0 Å². The average molecular weight is 412 g/mol. The first-order valence-electron chi connectivity index (χ1n) is 8.55. The van der Waals surface area contributed by atoms with Crippen LogP contribution in [0.25, 0.3) is 10.2 Å². The van der Waals surface area contributed by atoms with Crippen LogP contribution in [0.4, 0.5) is 4.79 Å². The SMILES string of the molecule is COCCn1c(S[C@H](C)C(=O)NC(=O)OC)nc2sc3c(c2c1=O)CCC3. The molecular formula is C17H21N3O5S2. The molecule has 0 unspecified atom stereocenters. The van der Waals surface area contributed by atoms with Crippen molar-refractivity contribution < 1.29 is 19.1 Å². The number of nitrogens with zero attached hydrogens (tertiary/aromatic N) is 2. The summed E-state index contributed by atoms with van der Waals surface area (Å²) in [5, 5.41) is 2.64. The zero-order valence-electron chi connectivity index (χ0n) is 15.4. The van der Waals surface area contributed by atoms with E-state index < -0.39 is 17.3 Å². The van der Waals surface area contributed by atoms with E-state index in [2.05, 4.69) is 15.0 Å². The lowest BCUT2D eigenvalue weighted by molar-refractivity contribution is -0.119. The van der Waals surface area contributed by atoms with Crippen LogP contribution in [0, 0.1) is 0 Å². The first-order chi connectivity index (χ1) is 13.0. The fourth-order valence-corrected chi connectivity index (χ4v) is 5.23. The Morgan fingerprint density at radius 2 is 2.15 bits per heavy atom. The lowest BCUT2D eigenvalue weighted by Crippen LogP contribution is -2.36. The second-order valence-corrected chi connectivity index (χ2v) is 8.51. The molecule has 1 aliphatic rings. The average Bonchev–Trinajstić information content (AvgIpc) is 3.21. The van der Waals surface area contributed by atoms with Crippen molar-refractivity contribution in [1.82, 2.24) is 14.9 Å². The zero-order chi connectivity index (χ0) is 19.6. The third-order valence-corrected chi connectivity index (χ3v) is 6.65. The molecule has 0 aliphatic heterocycles. The van der Waals surface area contributed by atoms with Crippen LogP contribution in [0.2, 0.25) is 0 Å². The molecule has 27 heavy (non-hydrogen) atoms. The van der Waals surface area contributed by atoms with Gasteiger partial charge >= 0.3 is 6.09 Å². The van der Waals surface area contributed by atoms with Crippen LogP contribution in [-0.4, -0.2) is 47.6 Å². The number of ether oxygens (including phenoxy) is 2. The molecule has 0 fully saturated rings. The number of thiophene rings is 1. The lowest BCUT2D eigenvalue weighted by atomic mass is 10.2. The fourth-order valence-electron chi connectivity index (χ4n) is 2.99. The molecule has 0 radical (unpaired) electrons. The lowest BCUT2D eigenvalue weighted by Gasteiger charge is -2.15. The summed E-state index contributed by atoms with van der Waals surface area (Å²) in [5.41, 5.74) is 1.02. The van der Waals surface area contributed by atoms with Crippen LogP contribution in [0.3, 0.4) is 0 Å². The monoisotopic (exact) mass is 411 g/mol. The van der Waals surface area contributed by atoms with E-state index in [1.54, 1.807) is 29.9 Å². The van der Waals surface area contributed by atoms with Crippen molar-refractivity contribution in [3.63, 3.8) is 0 Å². The van der Waals surface area contributed by atoms with Gasteiger partial charge in [-0.3, -0.25) is 19.5 Å². The molecule has 2 aromatic heterocycles. The van der Waals surface area contributed by atoms with Gasteiger partial charge in [0.2, 0.25) is 5.91 Å². The van der Waals surface area contributed by atoms with Gasteiger partial charge < -0.3 is 9.47 Å². The summed E-state index contributed by atoms with van der Waals surface area (Å²) < 4.78 is 11.1. The number of hydrogen-bond acceptors (Lipinski definition) is 8. The minimum absolute atomic E-state index is 0.0977. The molecule has 146 valence electrons. The highest BCUT2D eigenvalue weighted by atomic mass is 32.2. The first kappa shape index (κ1) is 19.8. The van der Waals surface area contributed by atoms with E-state index in [9.17, 15) is 14.4 Å². The molecule has 1 N–H and O–H groups in total. The van der Waals surface area contributed by atoms with Crippen molar-refractivity contribution in [2.75, 3.05) is 20.8 Å². The molecule has 0 saturated carbocycles. The Hall–Kier alpha value is -1.91. The third kappa shape index (κ3) is 4.02. The van der Waals surface area contributed by atoms with Gasteiger partial charge in [0.15, 0.2) is 5.16 Å². The van der Waals surface area contributed by atoms with Gasteiger partial charge in [-0.1, -0.05) is 11.8 Å². The van der Waals surface area contributed by atoms with E-state index in [-0.39, 0.29) is 5.56 Å². The maximum Gasteiger partial charge on any atom is 0.413 e. The van der Waals surface area contributed by atoms with Gasteiger partial charge in [0, 0.05) is 12.0 Å². The molecule has 3 rings (SSSR count). The zero-order valence-corrected chi connectivity index (χ0v) is 17.0. The van der Waals surface area contributed by atoms with Crippen LogP contribution in [0.1, 0.15) is 23.8 Å². The normalized spacial score (nSPS) is 14.2. The van der Waals surface area contributed by atoms with Crippen LogP contribution >= 0.6 is 23.1 Å². The highest BCUT2D eigenvalue weighted by Gasteiger charge is 2.25. The largest absolute Gasteiger partial charge is 0.453 e. The number of carbonyl (C=O) groups is 2. The number of hydrogen-bond donors (Lipinski definition) is 1. The summed E-state index contributed by atoms with van der Waals surface area (Å²) in [5.74, 6) is -0.506. The maximum atomic E-state index is 13.1.